The lowest BCUT2D eigenvalue weighted by Crippen LogP contribution is -2.37. The molecule has 0 aliphatic carbocycles. The molecule has 0 bridgehead atoms. The van der Waals surface area contributed by atoms with Crippen molar-refractivity contribution < 1.29 is 18.0 Å². The molecule has 0 aliphatic heterocycles. The van der Waals surface area contributed by atoms with Gasteiger partial charge >= 0.3 is 12.1 Å². The summed E-state index contributed by atoms with van der Waals surface area (Å²) in [5, 5.41) is 1.77. The molecule has 0 spiro atoms. The molecule has 76 valence electrons. The van der Waals surface area contributed by atoms with Crippen molar-refractivity contribution in [1.82, 2.24) is 5.32 Å². The third-order valence-corrected chi connectivity index (χ3v) is 1.24. The predicted molar refractivity (Wildman–Crippen MR) is 43.1 cm³/mol. The van der Waals surface area contributed by atoms with Gasteiger partial charge in [-0.15, -0.1) is 0 Å². The van der Waals surface area contributed by atoms with Crippen molar-refractivity contribution in [3.63, 3.8) is 0 Å². The highest BCUT2D eigenvalue weighted by Gasteiger charge is 2.37. The molecule has 0 aromatic carbocycles. The maximum absolute atomic E-state index is 11.6. The van der Waals surface area contributed by atoms with Gasteiger partial charge in [-0.3, -0.25) is 4.79 Å². The summed E-state index contributed by atoms with van der Waals surface area (Å²) in [4.78, 5) is 10.3. The maximum Gasteiger partial charge on any atom is 0.471 e. The Morgan fingerprint density at radius 3 is 2.31 bits per heavy atom. The maximum atomic E-state index is 11.6. The second-order valence-corrected chi connectivity index (χ2v) is 2.82. The number of allylic oxidation sites excluding steroid dienone is 1. The fraction of sp³-hybridized carbons (Fsp3) is 0.625. The molecule has 0 saturated heterocycles. The minimum absolute atomic E-state index is 0.0174. The topological polar surface area (TPSA) is 29.1 Å². The number of hydrogen-bond acceptors (Lipinski definition) is 1. The summed E-state index contributed by atoms with van der Waals surface area (Å²) < 4.78 is 34.8. The number of carbonyl (C=O) groups excluding carboxylic acids is 1. The van der Waals surface area contributed by atoms with Crippen LogP contribution in [0.1, 0.15) is 20.3 Å². The van der Waals surface area contributed by atoms with Gasteiger partial charge < -0.3 is 5.32 Å². The molecule has 13 heavy (non-hydrogen) atoms. The largest absolute Gasteiger partial charge is 0.471 e. The summed E-state index contributed by atoms with van der Waals surface area (Å²) in [6, 6.07) is 0. The molecule has 2 nitrogen and oxygen atoms in total. The van der Waals surface area contributed by atoms with Crippen LogP contribution in [-0.2, 0) is 4.79 Å². The Labute approximate surface area is 74.8 Å². The second-order valence-electron chi connectivity index (χ2n) is 2.82. The van der Waals surface area contributed by atoms with E-state index in [1.165, 1.54) is 0 Å². The van der Waals surface area contributed by atoms with Crippen LogP contribution in [-0.4, -0.2) is 18.6 Å². The van der Waals surface area contributed by atoms with Crippen LogP contribution in [0, 0.1) is 0 Å². The van der Waals surface area contributed by atoms with Crippen molar-refractivity contribution in [1.29, 1.82) is 0 Å². The van der Waals surface area contributed by atoms with Gasteiger partial charge in [0, 0.05) is 6.54 Å². The van der Waals surface area contributed by atoms with E-state index in [9.17, 15) is 18.0 Å². The highest BCUT2D eigenvalue weighted by molar-refractivity contribution is 5.81. The first-order valence-corrected chi connectivity index (χ1v) is 3.82. The van der Waals surface area contributed by atoms with Crippen LogP contribution < -0.4 is 5.32 Å². The summed E-state index contributed by atoms with van der Waals surface area (Å²) in [6.07, 6.45) is -2.59. The van der Waals surface area contributed by atoms with E-state index in [-0.39, 0.29) is 6.54 Å². The molecule has 0 aliphatic rings. The van der Waals surface area contributed by atoms with Gasteiger partial charge in [-0.25, -0.2) is 0 Å². The number of amides is 1. The fourth-order valence-electron chi connectivity index (χ4n) is 0.647. The van der Waals surface area contributed by atoms with E-state index in [1.807, 2.05) is 13.8 Å². The van der Waals surface area contributed by atoms with Gasteiger partial charge in [0.15, 0.2) is 0 Å². The average molecular weight is 195 g/mol. The monoisotopic (exact) mass is 195 g/mol. The standard InChI is InChI=1S/C8H12F3NO/c1-6(2)4-3-5-12-7(13)8(9,10)11/h4H,3,5H2,1-2H3,(H,12,13). The highest BCUT2D eigenvalue weighted by atomic mass is 19.4. The molecule has 0 radical (unpaired) electrons. The lowest BCUT2D eigenvalue weighted by Gasteiger charge is -2.05. The molecular weight excluding hydrogens is 183 g/mol. The van der Waals surface area contributed by atoms with Crippen molar-refractivity contribution in [2.75, 3.05) is 6.54 Å². The molecule has 0 fully saturated rings. The first-order chi connectivity index (χ1) is 5.84. The normalized spacial score (nSPS) is 10.8. The number of alkyl halides is 3. The van der Waals surface area contributed by atoms with E-state index >= 15 is 0 Å². The lowest BCUT2D eigenvalue weighted by molar-refractivity contribution is -0.173. The average Bonchev–Trinajstić information content (AvgIpc) is 1.95. The van der Waals surface area contributed by atoms with Crippen LogP contribution in [0.15, 0.2) is 11.6 Å². The van der Waals surface area contributed by atoms with Crippen LogP contribution in [0.2, 0.25) is 0 Å². The first-order valence-electron chi connectivity index (χ1n) is 3.82. The van der Waals surface area contributed by atoms with E-state index in [2.05, 4.69) is 0 Å². The van der Waals surface area contributed by atoms with E-state index in [0.717, 1.165) is 5.57 Å². The Morgan fingerprint density at radius 1 is 1.38 bits per heavy atom. The van der Waals surface area contributed by atoms with E-state index in [0.29, 0.717) is 6.42 Å². The molecule has 0 unspecified atom stereocenters. The van der Waals surface area contributed by atoms with Crippen LogP contribution in [0.25, 0.3) is 0 Å². The molecule has 0 atom stereocenters. The van der Waals surface area contributed by atoms with E-state index < -0.39 is 12.1 Å². The summed E-state index contributed by atoms with van der Waals surface area (Å²) >= 11 is 0. The zero-order chi connectivity index (χ0) is 10.5. The molecule has 1 N–H and O–H groups in total. The first kappa shape index (κ1) is 12.0. The van der Waals surface area contributed by atoms with E-state index in [1.54, 1.807) is 11.4 Å². The van der Waals surface area contributed by atoms with Gasteiger partial charge in [0.25, 0.3) is 0 Å². The van der Waals surface area contributed by atoms with Crippen molar-refractivity contribution in [2.45, 2.75) is 26.4 Å². The van der Waals surface area contributed by atoms with Crippen molar-refractivity contribution in [2.24, 2.45) is 0 Å². The summed E-state index contributed by atoms with van der Waals surface area (Å²) in [7, 11) is 0. The molecule has 1 amide bonds. The van der Waals surface area contributed by atoms with Crippen molar-refractivity contribution >= 4 is 5.91 Å². The molecule has 0 aromatic heterocycles. The van der Waals surface area contributed by atoms with Crippen LogP contribution in [0.3, 0.4) is 0 Å². The summed E-state index contributed by atoms with van der Waals surface area (Å²) in [5.41, 5.74) is 1.02. The van der Waals surface area contributed by atoms with Crippen molar-refractivity contribution in [3.05, 3.63) is 11.6 Å². The minimum atomic E-state index is -4.77. The van der Waals surface area contributed by atoms with Gasteiger partial charge in [-0.05, 0) is 20.3 Å². The van der Waals surface area contributed by atoms with Crippen LogP contribution in [0.5, 0.6) is 0 Å². The number of hydrogen-bond donors (Lipinski definition) is 1. The quantitative estimate of drug-likeness (QED) is 0.541. The fourth-order valence-corrected chi connectivity index (χ4v) is 0.647. The van der Waals surface area contributed by atoms with Crippen molar-refractivity contribution in [3.8, 4) is 0 Å². The predicted octanol–water partition coefficient (Wildman–Crippen LogP) is 2.02. The third-order valence-electron chi connectivity index (χ3n) is 1.24. The van der Waals surface area contributed by atoms with Crippen LogP contribution in [0.4, 0.5) is 13.2 Å². The zero-order valence-corrected chi connectivity index (χ0v) is 7.53. The Balaban J connectivity index is 3.67. The number of halogens is 3. The summed E-state index contributed by atoms with van der Waals surface area (Å²) in [5.74, 6) is -1.88. The molecule has 0 heterocycles. The van der Waals surface area contributed by atoms with Gasteiger partial charge in [0.1, 0.15) is 0 Å². The molecule has 5 heteroatoms. The van der Waals surface area contributed by atoms with Gasteiger partial charge in [-0.2, -0.15) is 13.2 Å². The SMILES string of the molecule is CC(C)=CCCNC(=O)C(F)(F)F. The Morgan fingerprint density at radius 2 is 1.92 bits per heavy atom. The smallest absolute Gasteiger partial charge is 0.348 e. The molecular formula is C8H12F3NO. The summed E-state index contributed by atoms with van der Waals surface area (Å²) in [6.45, 7) is 3.70. The Bertz CT molecular complexity index is 204. The molecule has 0 saturated carbocycles. The third kappa shape index (κ3) is 6.19. The Hall–Kier alpha value is -1.00. The number of rotatable bonds is 3. The van der Waals surface area contributed by atoms with Gasteiger partial charge in [0.2, 0.25) is 0 Å². The van der Waals surface area contributed by atoms with Crippen LogP contribution >= 0.6 is 0 Å². The number of carbonyl (C=O) groups is 1. The van der Waals surface area contributed by atoms with Gasteiger partial charge in [0.05, 0.1) is 0 Å². The molecule has 0 aromatic rings. The Kier molecular flexibility index (Phi) is 4.51. The lowest BCUT2D eigenvalue weighted by atomic mass is 10.3. The molecule has 0 rings (SSSR count). The van der Waals surface area contributed by atoms with Gasteiger partial charge in [-0.1, -0.05) is 11.6 Å². The van der Waals surface area contributed by atoms with E-state index in [4.69, 9.17) is 0 Å². The number of nitrogens with one attached hydrogen (secondary N) is 1. The second kappa shape index (κ2) is 4.89. The minimum Gasteiger partial charge on any atom is -0.348 e. The highest BCUT2D eigenvalue weighted by Crippen LogP contribution is 2.13. The zero-order valence-electron chi connectivity index (χ0n) is 7.53.